The van der Waals surface area contributed by atoms with Crippen LogP contribution >= 0.6 is 0 Å². The van der Waals surface area contributed by atoms with E-state index in [0.717, 1.165) is 25.7 Å². The number of unbranched alkanes of at least 4 members (excludes halogenated alkanes) is 28. The van der Waals surface area contributed by atoms with Crippen LogP contribution in [0.1, 0.15) is 261 Å². The van der Waals surface area contributed by atoms with E-state index in [1.807, 2.05) is 0 Å². The topological polar surface area (TPSA) is 80.3 Å². The van der Waals surface area contributed by atoms with Crippen LogP contribution in [0.2, 0.25) is 31.7 Å². The number of carbonyl (C=O) groups excluding carboxylic acids is 2. The number of rotatable bonds is 38. The largest absolute Gasteiger partial charge is 2.00 e. The maximum Gasteiger partial charge on any atom is 2.00 e. The number of carboxylic acids is 2. The van der Waals surface area contributed by atoms with Crippen LogP contribution in [0.4, 0.5) is 0 Å². The molecule has 0 heterocycles. The van der Waals surface area contributed by atoms with E-state index >= 15 is 0 Å². The van der Waals surface area contributed by atoms with Gasteiger partial charge in [0.2, 0.25) is 0 Å². The zero-order valence-electron chi connectivity index (χ0n) is 39.0. The molecule has 0 atom stereocenters. The first-order valence-electron chi connectivity index (χ1n) is 24.6. The molecule has 0 spiro atoms. The van der Waals surface area contributed by atoms with Crippen molar-refractivity contribution in [2.45, 2.75) is 293 Å². The molecule has 0 aliphatic rings. The standard InChI is InChI=1S/2C18H36O2.6C2H5.2Al.Cu/c2*1-2-3-4-5-6-7-8-9-10-11-12-13-14-15-16-17-18(19)20;6*1-2;;;/h2*2-17H2,1H3,(H,19,20);6*1H2,2H3;;;/q;;;;;;;;;;+2/p-2. The maximum absolute atomic E-state index is 10.2. The van der Waals surface area contributed by atoms with E-state index in [2.05, 4.69) is 55.4 Å². The summed E-state index contributed by atoms with van der Waals surface area (Å²) in [5, 5.41) is 29.4. The molecule has 0 aromatic carbocycles. The SMILES string of the molecule is CCCCCCCCCCCCCCCCCC(=O)[O-].CCCCCCCCCCCCCCCCCC(=O)[O-].C[CH2][Al]([CH2]C)[CH2]C.C[CH2][Al]([CH2]C)[CH2]C.[Cu+2]. The van der Waals surface area contributed by atoms with Crippen LogP contribution in [0.15, 0.2) is 0 Å². The Morgan fingerprint density at radius 1 is 0.291 bits per heavy atom. The second-order valence-corrected chi connectivity index (χ2v) is 24.7. The Kier molecular flexibility index (Phi) is 71.9. The molecule has 0 bridgehead atoms. The molecule has 0 saturated heterocycles. The van der Waals surface area contributed by atoms with Gasteiger partial charge in [-0.05, 0) is 25.7 Å². The number of carbonyl (C=O) groups is 2. The quantitative estimate of drug-likeness (QED) is 0.0457. The molecule has 4 nitrogen and oxygen atoms in total. The van der Waals surface area contributed by atoms with Crippen molar-refractivity contribution in [1.82, 2.24) is 0 Å². The molecule has 0 fully saturated rings. The van der Waals surface area contributed by atoms with Crippen molar-refractivity contribution < 1.29 is 36.9 Å². The Bertz CT molecular complexity index is 607. The second kappa shape index (κ2) is 61.2. The monoisotopic (exact) mass is 858 g/mol. The predicted octanol–water partition coefficient (Wildman–Crippen LogP) is 15.1. The number of hydrogen-bond acceptors (Lipinski definition) is 4. The van der Waals surface area contributed by atoms with E-state index in [4.69, 9.17) is 0 Å². The molecule has 0 aromatic heterocycles. The number of aliphatic carboxylic acids is 2. The summed E-state index contributed by atoms with van der Waals surface area (Å²) in [7, 11) is 0. The van der Waals surface area contributed by atoms with Gasteiger partial charge in [-0.15, -0.1) is 0 Å². The van der Waals surface area contributed by atoms with E-state index in [1.165, 1.54) is 199 Å². The van der Waals surface area contributed by atoms with Crippen molar-refractivity contribution in [3.63, 3.8) is 0 Å². The van der Waals surface area contributed by atoms with E-state index in [9.17, 15) is 19.8 Å². The van der Waals surface area contributed by atoms with Crippen molar-refractivity contribution in [3.05, 3.63) is 0 Å². The molecule has 333 valence electrons. The van der Waals surface area contributed by atoms with Gasteiger partial charge in [0, 0.05) is 11.9 Å². The fourth-order valence-electron chi connectivity index (χ4n) is 7.01. The maximum atomic E-state index is 10.2. The fraction of sp³-hybridized carbons (Fsp3) is 0.958. The van der Waals surface area contributed by atoms with Crippen molar-refractivity contribution in [3.8, 4) is 0 Å². The van der Waals surface area contributed by atoms with Gasteiger partial charge in [0.15, 0.2) is 0 Å². The molecule has 0 amide bonds. The van der Waals surface area contributed by atoms with Crippen molar-refractivity contribution >= 4 is 40.2 Å². The van der Waals surface area contributed by atoms with Crippen LogP contribution in [-0.4, -0.2) is 40.2 Å². The van der Waals surface area contributed by atoms with Crippen LogP contribution in [-0.2, 0) is 26.7 Å². The first kappa shape index (κ1) is 64.7. The van der Waals surface area contributed by atoms with E-state index in [1.54, 1.807) is 0 Å². The van der Waals surface area contributed by atoms with Crippen LogP contribution in [0.3, 0.4) is 0 Å². The molecule has 0 unspecified atom stereocenters. The minimum Gasteiger partial charge on any atom is -0.550 e. The number of carboxylic acid groups (broad SMARTS) is 2. The molecule has 55 heavy (non-hydrogen) atoms. The molecule has 7 heteroatoms. The first-order valence-corrected chi connectivity index (χ1v) is 29.5. The third-order valence-electron chi connectivity index (χ3n) is 11.4. The molecular weight excluding hydrogens is 758 g/mol. The Hall–Kier alpha value is 0.524. The van der Waals surface area contributed by atoms with Crippen LogP contribution in [0.25, 0.3) is 0 Å². The third kappa shape index (κ3) is 69.5. The minimum absolute atomic E-state index is 0. The molecule has 0 rings (SSSR count). The van der Waals surface area contributed by atoms with Gasteiger partial charge in [-0.2, -0.15) is 0 Å². The first-order chi connectivity index (χ1) is 26.2. The third-order valence-corrected chi connectivity index (χ3v) is 18.4. The Balaban J connectivity index is -0.000000223. The van der Waals surface area contributed by atoms with Crippen molar-refractivity contribution in [2.75, 3.05) is 0 Å². The Labute approximate surface area is 367 Å². The molecule has 0 N–H and O–H groups in total. The second-order valence-electron chi connectivity index (χ2n) is 16.3. The summed E-state index contributed by atoms with van der Waals surface area (Å²) in [6.45, 7) is 18.5. The minimum atomic E-state index is -0.903. The average molecular weight is 859 g/mol. The molecular formula is C48H100Al2CuO4. The van der Waals surface area contributed by atoms with Crippen molar-refractivity contribution in [1.29, 1.82) is 0 Å². The molecule has 0 saturated carbocycles. The van der Waals surface area contributed by atoms with Crippen LogP contribution in [0, 0.1) is 0 Å². The summed E-state index contributed by atoms with van der Waals surface area (Å²) in [4.78, 5) is 20.4. The van der Waals surface area contributed by atoms with Crippen molar-refractivity contribution in [2.24, 2.45) is 0 Å². The normalized spacial score (nSPS) is 10.2. The molecule has 0 aromatic rings. The average Bonchev–Trinajstić information content (AvgIpc) is 3.17. The van der Waals surface area contributed by atoms with E-state index in [-0.39, 0.29) is 58.2 Å². The molecule has 1 radical (unpaired) electrons. The van der Waals surface area contributed by atoms with Gasteiger partial charge < -0.3 is 19.8 Å². The van der Waals surface area contributed by atoms with Gasteiger partial charge in [-0.25, -0.2) is 0 Å². The predicted molar refractivity (Wildman–Crippen MR) is 243 cm³/mol. The van der Waals surface area contributed by atoms with Gasteiger partial charge in [-0.1, -0.05) is 267 Å². The summed E-state index contributed by atoms with van der Waals surface area (Å²) in [6.07, 6.45) is 39.7. The van der Waals surface area contributed by atoms with Crippen LogP contribution in [0.5, 0.6) is 0 Å². The summed E-state index contributed by atoms with van der Waals surface area (Å²) >= 11 is -0.343. The summed E-state index contributed by atoms with van der Waals surface area (Å²) in [6, 6.07) is 0. The number of hydrogen-bond donors (Lipinski definition) is 0. The molecule has 0 aliphatic heterocycles. The van der Waals surface area contributed by atoms with Gasteiger partial charge in [0.25, 0.3) is 28.3 Å². The van der Waals surface area contributed by atoms with Crippen LogP contribution < -0.4 is 10.2 Å². The summed E-state index contributed by atoms with van der Waals surface area (Å²) in [5.41, 5.74) is 0. The summed E-state index contributed by atoms with van der Waals surface area (Å²) < 4.78 is 0. The Morgan fingerprint density at radius 2 is 0.436 bits per heavy atom. The molecule has 0 aliphatic carbocycles. The van der Waals surface area contributed by atoms with Gasteiger partial charge in [-0.3, -0.25) is 0 Å². The van der Waals surface area contributed by atoms with Gasteiger partial charge in [0.1, 0.15) is 0 Å². The van der Waals surface area contributed by atoms with E-state index in [0.29, 0.717) is 0 Å². The fourth-order valence-corrected chi connectivity index (χ4v) is 10.5. The Morgan fingerprint density at radius 3 is 0.545 bits per heavy atom. The van der Waals surface area contributed by atoms with Gasteiger partial charge in [0.05, 0.1) is 0 Å². The zero-order valence-corrected chi connectivity index (χ0v) is 42.2. The van der Waals surface area contributed by atoms with E-state index < -0.39 is 11.9 Å². The smallest absolute Gasteiger partial charge is 0.550 e. The zero-order chi connectivity index (χ0) is 41.2. The summed E-state index contributed by atoms with van der Waals surface area (Å²) in [5.74, 6) is -1.81. The van der Waals surface area contributed by atoms with Gasteiger partial charge >= 0.3 is 17.1 Å².